The molecule has 1 atom stereocenters. The lowest BCUT2D eigenvalue weighted by atomic mass is 10.2. The van der Waals surface area contributed by atoms with Gasteiger partial charge in [-0.15, -0.1) is 0 Å². The summed E-state index contributed by atoms with van der Waals surface area (Å²) in [6.07, 6.45) is 0. The molecule has 0 aliphatic carbocycles. The molecule has 1 fully saturated rings. The van der Waals surface area contributed by atoms with Crippen LogP contribution in [0.1, 0.15) is 6.92 Å². The smallest absolute Gasteiger partial charge is 0.269 e. The van der Waals surface area contributed by atoms with E-state index in [-0.39, 0.29) is 24.2 Å². The summed E-state index contributed by atoms with van der Waals surface area (Å²) in [4.78, 5) is 23.8. The number of ether oxygens (including phenoxy) is 1. The first-order chi connectivity index (χ1) is 9.58. The minimum absolute atomic E-state index is 0.000552. The molecular weight excluding hydrogens is 262 g/mol. The molecule has 1 unspecified atom stereocenters. The normalized spacial score (nSPS) is 18.6. The van der Waals surface area contributed by atoms with Crippen molar-refractivity contribution in [3.63, 3.8) is 0 Å². The second-order valence-electron chi connectivity index (χ2n) is 4.68. The average molecular weight is 279 g/mol. The van der Waals surface area contributed by atoms with Crippen molar-refractivity contribution in [1.29, 1.82) is 0 Å². The second-order valence-corrected chi connectivity index (χ2v) is 4.68. The predicted molar refractivity (Wildman–Crippen MR) is 72.6 cm³/mol. The number of hydrogen-bond donors (Lipinski definition) is 1. The maximum absolute atomic E-state index is 12.0. The van der Waals surface area contributed by atoms with Crippen LogP contribution >= 0.6 is 0 Å². The fourth-order valence-corrected chi connectivity index (χ4v) is 2.10. The predicted octanol–water partition coefficient (Wildman–Crippen LogP) is 0.794. The van der Waals surface area contributed by atoms with Crippen molar-refractivity contribution in [3.05, 3.63) is 34.4 Å². The molecule has 0 saturated carbocycles. The number of amides is 1. The Balaban J connectivity index is 1.88. The molecule has 1 aromatic rings. The van der Waals surface area contributed by atoms with Crippen LogP contribution in [0.2, 0.25) is 0 Å². The van der Waals surface area contributed by atoms with Crippen molar-refractivity contribution in [2.75, 3.05) is 26.2 Å². The molecule has 108 valence electrons. The zero-order chi connectivity index (χ0) is 14.5. The molecule has 1 amide bonds. The fourth-order valence-electron chi connectivity index (χ4n) is 2.10. The number of non-ortho nitro benzene ring substituents is 1. The second kappa shape index (κ2) is 6.33. The van der Waals surface area contributed by atoms with Crippen LogP contribution in [-0.2, 0) is 4.79 Å². The summed E-state index contributed by atoms with van der Waals surface area (Å²) in [6, 6.07) is 5.84. The highest BCUT2D eigenvalue weighted by Gasteiger charge is 2.23. The number of carbonyl (C=O) groups is 1. The summed E-state index contributed by atoms with van der Waals surface area (Å²) in [7, 11) is 0. The van der Waals surface area contributed by atoms with E-state index >= 15 is 0 Å². The first kappa shape index (κ1) is 14.3. The molecule has 1 saturated heterocycles. The van der Waals surface area contributed by atoms with Gasteiger partial charge in [0.25, 0.3) is 11.6 Å². The Morgan fingerprint density at radius 3 is 2.80 bits per heavy atom. The Morgan fingerprint density at radius 2 is 2.20 bits per heavy atom. The van der Waals surface area contributed by atoms with Gasteiger partial charge in [0, 0.05) is 37.8 Å². The molecule has 7 heteroatoms. The molecule has 2 rings (SSSR count). The molecule has 0 radical (unpaired) electrons. The number of nitro benzene ring substituents is 1. The van der Waals surface area contributed by atoms with Gasteiger partial charge in [0.05, 0.1) is 4.92 Å². The molecule has 20 heavy (non-hydrogen) atoms. The molecule has 1 aromatic carbocycles. The topological polar surface area (TPSA) is 84.7 Å². The van der Waals surface area contributed by atoms with E-state index in [0.717, 1.165) is 13.1 Å². The third-order valence-corrected chi connectivity index (χ3v) is 3.23. The average Bonchev–Trinajstić information content (AvgIpc) is 2.45. The van der Waals surface area contributed by atoms with Gasteiger partial charge in [-0.05, 0) is 19.1 Å². The Bertz CT molecular complexity index is 489. The lowest BCUT2D eigenvalue weighted by molar-refractivity contribution is -0.384. The Morgan fingerprint density at radius 1 is 1.50 bits per heavy atom. The highest BCUT2D eigenvalue weighted by atomic mass is 16.6. The Kier molecular flexibility index (Phi) is 4.52. The number of benzene rings is 1. The van der Waals surface area contributed by atoms with Gasteiger partial charge in [-0.25, -0.2) is 0 Å². The van der Waals surface area contributed by atoms with Crippen LogP contribution in [0.15, 0.2) is 24.3 Å². The quantitative estimate of drug-likeness (QED) is 0.650. The molecule has 1 aliphatic heterocycles. The minimum Gasteiger partial charge on any atom is -0.484 e. The Hall–Kier alpha value is -2.15. The van der Waals surface area contributed by atoms with E-state index in [2.05, 4.69) is 5.32 Å². The molecule has 1 aliphatic rings. The first-order valence-corrected chi connectivity index (χ1v) is 6.45. The van der Waals surface area contributed by atoms with Crippen molar-refractivity contribution < 1.29 is 14.5 Å². The van der Waals surface area contributed by atoms with Gasteiger partial charge in [-0.3, -0.25) is 14.9 Å². The fraction of sp³-hybridized carbons (Fsp3) is 0.462. The van der Waals surface area contributed by atoms with E-state index in [1.54, 1.807) is 4.90 Å². The number of nitrogens with zero attached hydrogens (tertiary/aromatic N) is 2. The van der Waals surface area contributed by atoms with E-state index in [0.29, 0.717) is 12.3 Å². The minimum atomic E-state index is -0.475. The van der Waals surface area contributed by atoms with E-state index < -0.39 is 4.92 Å². The van der Waals surface area contributed by atoms with E-state index in [1.165, 1.54) is 24.3 Å². The SMILES string of the molecule is CC1CNCCN1C(=O)COc1ccc([N+](=O)[O-])cc1. The van der Waals surface area contributed by atoms with Crippen LogP contribution < -0.4 is 10.1 Å². The van der Waals surface area contributed by atoms with Gasteiger partial charge in [-0.1, -0.05) is 0 Å². The van der Waals surface area contributed by atoms with Crippen molar-refractivity contribution >= 4 is 11.6 Å². The van der Waals surface area contributed by atoms with Gasteiger partial charge < -0.3 is 15.0 Å². The highest BCUT2D eigenvalue weighted by molar-refractivity contribution is 5.78. The van der Waals surface area contributed by atoms with E-state index in [4.69, 9.17) is 4.74 Å². The third kappa shape index (κ3) is 3.45. The van der Waals surface area contributed by atoms with Crippen LogP contribution in [0, 0.1) is 10.1 Å². The van der Waals surface area contributed by atoms with Gasteiger partial charge in [0.1, 0.15) is 5.75 Å². The third-order valence-electron chi connectivity index (χ3n) is 3.23. The molecular formula is C13H17N3O4. The maximum atomic E-state index is 12.0. The van der Waals surface area contributed by atoms with E-state index in [1.807, 2.05) is 6.92 Å². The number of hydrogen-bond acceptors (Lipinski definition) is 5. The van der Waals surface area contributed by atoms with Crippen molar-refractivity contribution in [2.45, 2.75) is 13.0 Å². The number of rotatable bonds is 4. The number of carbonyl (C=O) groups excluding carboxylic acids is 1. The van der Waals surface area contributed by atoms with Crippen molar-refractivity contribution in [2.24, 2.45) is 0 Å². The van der Waals surface area contributed by atoms with E-state index in [9.17, 15) is 14.9 Å². The van der Waals surface area contributed by atoms with Crippen LogP contribution in [0.3, 0.4) is 0 Å². The summed E-state index contributed by atoms with van der Waals surface area (Å²) in [5.41, 5.74) is -0.000552. The zero-order valence-electron chi connectivity index (χ0n) is 11.2. The van der Waals surface area contributed by atoms with Gasteiger partial charge >= 0.3 is 0 Å². The summed E-state index contributed by atoms with van der Waals surface area (Å²) < 4.78 is 5.37. The molecule has 0 bridgehead atoms. The molecule has 1 heterocycles. The standard InChI is InChI=1S/C13H17N3O4/c1-10-8-14-6-7-15(10)13(17)9-20-12-4-2-11(3-5-12)16(18)19/h2-5,10,14H,6-9H2,1H3. The van der Waals surface area contributed by atoms with Crippen LogP contribution in [0.25, 0.3) is 0 Å². The lowest BCUT2D eigenvalue weighted by Gasteiger charge is -2.33. The van der Waals surface area contributed by atoms with Crippen LogP contribution in [0.5, 0.6) is 5.75 Å². The van der Waals surface area contributed by atoms with Crippen molar-refractivity contribution in [3.8, 4) is 5.75 Å². The maximum Gasteiger partial charge on any atom is 0.269 e. The summed E-state index contributed by atoms with van der Waals surface area (Å²) in [5, 5.41) is 13.7. The highest BCUT2D eigenvalue weighted by Crippen LogP contribution is 2.17. The molecule has 0 aromatic heterocycles. The van der Waals surface area contributed by atoms with Crippen LogP contribution in [-0.4, -0.2) is 48.0 Å². The monoisotopic (exact) mass is 279 g/mol. The molecule has 0 spiro atoms. The summed E-state index contributed by atoms with van der Waals surface area (Å²) in [6.45, 7) is 4.17. The van der Waals surface area contributed by atoms with Crippen LogP contribution in [0.4, 0.5) is 5.69 Å². The number of piperazine rings is 1. The zero-order valence-corrected chi connectivity index (χ0v) is 11.2. The summed E-state index contributed by atoms with van der Waals surface area (Å²) >= 11 is 0. The summed E-state index contributed by atoms with van der Waals surface area (Å²) in [5.74, 6) is 0.379. The Labute approximate surface area is 116 Å². The number of nitro groups is 1. The molecule has 1 N–H and O–H groups in total. The first-order valence-electron chi connectivity index (χ1n) is 6.45. The van der Waals surface area contributed by atoms with Gasteiger partial charge in [0.15, 0.2) is 6.61 Å². The van der Waals surface area contributed by atoms with Gasteiger partial charge in [-0.2, -0.15) is 0 Å². The largest absolute Gasteiger partial charge is 0.484 e. The van der Waals surface area contributed by atoms with Crippen molar-refractivity contribution in [1.82, 2.24) is 10.2 Å². The van der Waals surface area contributed by atoms with Gasteiger partial charge in [0.2, 0.25) is 0 Å². The number of nitrogens with one attached hydrogen (secondary N) is 1. The molecule has 7 nitrogen and oxygen atoms in total. The lowest BCUT2D eigenvalue weighted by Crippen LogP contribution is -2.53.